The van der Waals surface area contributed by atoms with E-state index < -0.39 is 31.3 Å². The average Bonchev–Trinajstić information content (AvgIpc) is 2.62. The quantitative estimate of drug-likeness (QED) is 0.816. The minimum atomic E-state index is -4.26. The number of carbonyl (C=O) groups is 1. The first-order chi connectivity index (χ1) is 8.29. The van der Waals surface area contributed by atoms with Gasteiger partial charge in [-0.2, -0.15) is 13.2 Å². The zero-order chi connectivity index (χ0) is 13.8. The molecule has 4 nitrogen and oxygen atoms in total. The number of halogens is 3. The van der Waals surface area contributed by atoms with Gasteiger partial charge < -0.3 is 15.3 Å². The van der Waals surface area contributed by atoms with Gasteiger partial charge in [0.05, 0.1) is 12.5 Å². The summed E-state index contributed by atoms with van der Waals surface area (Å²) in [4.78, 5) is 12.8. The van der Waals surface area contributed by atoms with Gasteiger partial charge in [-0.15, -0.1) is 0 Å². The van der Waals surface area contributed by atoms with Gasteiger partial charge in [-0.25, -0.2) is 4.79 Å². The highest BCUT2D eigenvalue weighted by molar-refractivity contribution is 5.73. The number of aliphatic hydroxyl groups is 1. The lowest BCUT2D eigenvalue weighted by atomic mass is 10.1. The molecule has 2 N–H and O–H groups in total. The van der Waals surface area contributed by atoms with Gasteiger partial charge in [0.1, 0.15) is 0 Å². The third-order valence-corrected chi connectivity index (χ3v) is 3.16. The Bertz CT molecular complexity index is 284. The van der Waals surface area contributed by atoms with Crippen LogP contribution < -0.4 is 5.32 Å². The molecule has 0 spiro atoms. The van der Waals surface area contributed by atoms with E-state index in [4.69, 9.17) is 0 Å². The Balaban J connectivity index is 2.24. The summed E-state index contributed by atoms with van der Waals surface area (Å²) in [5.74, 6) is 0.0309. The van der Waals surface area contributed by atoms with Gasteiger partial charge in [-0.1, -0.05) is 6.42 Å². The number of hydrogen-bond acceptors (Lipinski definition) is 2. The predicted octanol–water partition coefficient (Wildman–Crippen LogP) is 1.74. The summed E-state index contributed by atoms with van der Waals surface area (Å²) in [7, 11) is 1.52. The molecule has 0 aliphatic heterocycles. The van der Waals surface area contributed by atoms with Crippen molar-refractivity contribution in [2.24, 2.45) is 5.92 Å². The van der Waals surface area contributed by atoms with Gasteiger partial charge in [0.2, 0.25) is 0 Å². The average molecular weight is 268 g/mol. The molecule has 0 aromatic heterocycles. The summed E-state index contributed by atoms with van der Waals surface area (Å²) < 4.78 is 35.7. The van der Waals surface area contributed by atoms with Gasteiger partial charge in [0, 0.05) is 26.1 Å². The topological polar surface area (TPSA) is 52.6 Å². The molecular weight excluding hydrogens is 249 g/mol. The predicted molar refractivity (Wildman–Crippen MR) is 60.0 cm³/mol. The number of alkyl halides is 3. The highest BCUT2D eigenvalue weighted by atomic mass is 19.4. The van der Waals surface area contributed by atoms with E-state index in [0.717, 1.165) is 19.3 Å². The summed E-state index contributed by atoms with van der Waals surface area (Å²) in [5, 5.41) is 11.8. The first-order valence-electron chi connectivity index (χ1n) is 6.03. The van der Waals surface area contributed by atoms with Crippen LogP contribution in [0.3, 0.4) is 0 Å². The Labute approximate surface area is 104 Å². The fourth-order valence-corrected chi connectivity index (χ4v) is 2.11. The number of nitrogens with one attached hydrogen (secondary N) is 1. The number of aliphatic hydroxyl groups excluding tert-OH is 1. The Hall–Kier alpha value is -0.980. The zero-order valence-corrected chi connectivity index (χ0v) is 10.3. The van der Waals surface area contributed by atoms with E-state index in [1.54, 1.807) is 0 Å². The van der Waals surface area contributed by atoms with E-state index in [9.17, 15) is 23.1 Å². The zero-order valence-electron chi connectivity index (χ0n) is 10.3. The normalized spacial score (nSPS) is 24.1. The second-order valence-corrected chi connectivity index (χ2v) is 4.74. The van der Waals surface area contributed by atoms with Crippen LogP contribution >= 0.6 is 0 Å². The number of hydrogen-bond donors (Lipinski definition) is 2. The minimum Gasteiger partial charge on any atom is -0.393 e. The van der Waals surface area contributed by atoms with E-state index in [1.165, 1.54) is 11.9 Å². The molecule has 2 amide bonds. The van der Waals surface area contributed by atoms with Crippen LogP contribution in [0, 0.1) is 5.92 Å². The number of urea groups is 1. The molecule has 1 saturated carbocycles. The summed E-state index contributed by atoms with van der Waals surface area (Å²) in [6, 6.07) is -0.529. The third kappa shape index (κ3) is 5.12. The molecule has 106 valence electrons. The minimum absolute atomic E-state index is 0.0309. The molecule has 0 bridgehead atoms. The second kappa shape index (κ2) is 6.26. The van der Waals surface area contributed by atoms with Crippen LogP contribution in [0.25, 0.3) is 0 Å². The molecule has 0 aromatic carbocycles. The van der Waals surface area contributed by atoms with Crippen molar-refractivity contribution in [3.8, 4) is 0 Å². The van der Waals surface area contributed by atoms with Crippen molar-refractivity contribution in [3.05, 3.63) is 0 Å². The van der Waals surface area contributed by atoms with Gasteiger partial charge >= 0.3 is 12.2 Å². The maximum atomic E-state index is 11.9. The fraction of sp³-hybridized carbons (Fsp3) is 0.909. The lowest BCUT2D eigenvalue weighted by molar-refractivity contribution is -0.133. The van der Waals surface area contributed by atoms with E-state index in [0.29, 0.717) is 6.54 Å². The van der Waals surface area contributed by atoms with Crippen LogP contribution in [0.5, 0.6) is 0 Å². The van der Waals surface area contributed by atoms with Crippen molar-refractivity contribution in [2.75, 3.05) is 20.1 Å². The van der Waals surface area contributed by atoms with E-state index >= 15 is 0 Å². The molecule has 18 heavy (non-hydrogen) atoms. The molecule has 7 heteroatoms. The Morgan fingerprint density at radius 3 is 2.61 bits per heavy atom. The highest BCUT2D eigenvalue weighted by Gasteiger charge is 2.29. The molecule has 1 rings (SSSR count). The third-order valence-electron chi connectivity index (χ3n) is 3.16. The maximum Gasteiger partial charge on any atom is 0.390 e. The summed E-state index contributed by atoms with van der Waals surface area (Å²) in [5.41, 5.74) is 0. The summed E-state index contributed by atoms with van der Waals surface area (Å²) in [6.07, 6.45) is -3.19. The lowest BCUT2D eigenvalue weighted by Crippen LogP contribution is -2.42. The molecule has 1 aliphatic rings. The van der Waals surface area contributed by atoms with Crippen molar-refractivity contribution in [3.63, 3.8) is 0 Å². The fourth-order valence-electron chi connectivity index (χ4n) is 2.11. The SMILES string of the molecule is CN(CC1CCCC1O)C(=O)NCCC(F)(F)F. The first-order valence-corrected chi connectivity index (χ1v) is 6.03. The molecule has 1 fully saturated rings. The summed E-state index contributed by atoms with van der Waals surface area (Å²) in [6.45, 7) is -0.0427. The molecular formula is C11H19F3N2O2. The monoisotopic (exact) mass is 268 g/mol. The molecule has 0 aromatic rings. The molecule has 0 saturated heterocycles. The largest absolute Gasteiger partial charge is 0.393 e. The number of rotatable bonds is 4. The maximum absolute atomic E-state index is 11.9. The Kier molecular flexibility index (Phi) is 5.25. The Morgan fingerprint density at radius 1 is 1.44 bits per heavy atom. The van der Waals surface area contributed by atoms with Gasteiger partial charge in [0.15, 0.2) is 0 Å². The van der Waals surface area contributed by atoms with E-state index in [1.807, 2.05) is 0 Å². The van der Waals surface area contributed by atoms with Crippen LogP contribution in [-0.4, -0.2) is 48.5 Å². The number of amides is 2. The molecule has 2 atom stereocenters. The molecule has 0 heterocycles. The van der Waals surface area contributed by atoms with Crippen LogP contribution in [0.4, 0.5) is 18.0 Å². The van der Waals surface area contributed by atoms with Crippen molar-refractivity contribution in [1.82, 2.24) is 10.2 Å². The molecule has 0 radical (unpaired) electrons. The summed E-state index contributed by atoms with van der Waals surface area (Å²) >= 11 is 0. The van der Waals surface area contributed by atoms with Gasteiger partial charge in [0.25, 0.3) is 0 Å². The number of nitrogens with zero attached hydrogens (tertiary/aromatic N) is 1. The Morgan fingerprint density at radius 2 is 2.11 bits per heavy atom. The van der Waals surface area contributed by atoms with E-state index in [-0.39, 0.29) is 5.92 Å². The van der Waals surface area contributed by atoms with Crippen LogP contribution in [0.15, 0.2) is 0 Å². The van der Waals surface area contributed by atoms with Crippen molar-refractivity contribution >= 4 is 6.03 Å². The standard InChI is InChI=1S/C11H19F3N2O2/c1-16(7-8-3-2-4-9(8)17)10(18)15-6-5-11(12,13)14/h8-9,17H,2-7H2,1H3,(H,15,18). The van der Waals surface area contributed by atoms with Crippen LogP contribution in [-0.2, 0) is 0 Å². The second-order valence-electron chi connectivity index (χ2n) is 4.74. The van der Waals surface area contributed by atoms with Crippen molar-refractivity contribution in [1.29, 1.82) is 0 Å². The smallest absolute Gasteiger partial charge is 0.390 e. The lowest BCUT2D eigenvalue weighted by Gasteiger charge is -2.23. The van der Waals surface area contributed by atoms with Crippen molar-refractivity contribution < 1.29 is 23.1 Å². The highest BCUT2D eigenvalue weighted by Crippen LogP contribution is 2.26. The van der Waals surface area contributed by atoms with Gasteiger partial charge in [-0.05, 0) is 12.8 Å². The molecule has 1 aliphatic carbocycles. The van der Waals surface area contributed by atoms with E-state index in [2.05, 4.69) is 5.32 Å². The van der Waals surface area contributed by atoms with Crippen LogP contribution in [0.2, 0.25) is 0 Å². The van der Waals surface area contributed by atoms with Gasteiger partial charge in [-0.3, -0.25) is 0 Å². The first kappa shape index (κ1) is 15.1. The molecule has 2 unspecified atom stereocenters. The number of carbonyl (C=O) groups excluding carboxylic acids is 1. The van der Waals surface area contributed by atoms with Crippen molar-refractivity contribution in [2.45, 2.75) is 38.0 Å². The van der Waals surface area contributed by atoms with Crippen LogP contribution in [0.1, 0.15) is 25.7 Å².